The maximum atomic E-state index is 12.4. The van der Waals surface area contributed by atoms with E-state index in [1.807, 2.05) is 24.3 Å². The highest BCUT2D eigenvalue weighted by atomic mass is 32.1. The molecule has 0 aliphatic heterocycles. The first-order chi connectivity index (χ1) is 12.7. The molecule has 0 radical (unpaired) electrons. The topological polar surface area (TPSA) is 60.7 Å². The van der Waals surface area contributed by atoms with Crippen LogP contribution in [0.5, 0.6) is 0 Å². The van der Waals surface area contributed by atoms with Crippen molar-refractivity contribution >= 4 is 33.4 Å². The number of fused-ring (bicyclic) bond motifs is 1. The first-order valence-corrected chi connectivity index (χ1v) is 10.3. The van der Waals surface area contributed by atoms with Crippen molar-refractivity contribution in [1.82, 2.24) is 4.57 Å². The molecular formula is C20H26N2O3S. The van der Waals surface area contributed by atoms with Crippen molar-refractivity contribution in [3.8, 4) is 0 Å². The van der Waals surface area contributed by atoms with E-state index in [-0.39, 0.29) is 18.4 Å². The monoisotopic (exact) mass is 374 g/mol. The van der Waals surface area contributed by atoms with Gasteiger partial charge in [0.1, 0.15) is 6.54 Å². The number of ether oxygens (including phenoxy) is 1. The molecule has 0 bridgehead atoms. The van der Waals surface area contributed by atoms with Crippen molar-refractivity contribution in [2.24, 2.45) is 10.9 Å². The van der Waals surface area contributed by atoms with Crippen molar-refractivity contribution in [3.05, 3.63) is 29.1 Å². The normalized spacial score (nSPS) is 16.1. The number of amides is 1. The average Bonchev–Trinajstić information content (AvgIpc) is 2.98. The minimum absolute atomic E-state index is 0.0760. The molecule has 5 nitrogen and oxygen atoms in total. The van der Waals surface area contributed by atoms with Gasteiger partial charge in [-0.05, 0) is 31.4 Å². The quantitative estimate of drug-likeness (QED) is 0.717. The lowest BCUT2D eigenvalue weighted by atomic mass is 9.86. The Balaban J connectivity index is 1.79. The maximum Gasteiger partial charge on any atom is 0.326 e. The molecule has 1 aromatic carbocycles. The largest absolute Gasteiger partial charge is 0.465 e. The van der Waals surface area contributed by atoms with Crippen LogP contribution in [-0.4, -0.2) is 23.1 Å². The van der Waals surface area contributed by atoms with Gasteiger partial charge in [0, 0.05) is 6.42 Å². The number of hydrogen-bond acceptors (Lipinski definition) is 4. The summed E-state index contributed by atoms with van der Waals surface area (Å²) in [7, 11) is 0. The van der Waals surface area contributed by atoms with Gasteiger partial charge in [0.05, 0.1) is 16.8 Å². The zero-order valence-electron chi connectivity index (χ0n) is 15.3. The van der Waals surface area contributed by atoms with Crippen LogP contribution in [0.3, 0.4) is 0 Å². The van der Waals surface area contributed by atoms with Crippen LogP contribution in [0.25, 0.3) is 10.2 Å². The molecule has 1 aliphatic carbocycles. The summed E-state index contributed by atoms with van der Waals surface area (Å²) < 4.78 is 7.87. The zero-order chi connectivity index (χ0) is 18.4. The molecule has 0 unspecified atom stereocenters. The van der Waals surface area contributed by atoms with Crippen LogP contribution in [0, 0.1) is 5.92 Å². The molecule has 1 amide bonds. The number of hydrogen-bond donors (Lipinski definition) is 0. The zero-order valence-corrected chi connectivity index (χ0v) is 16.1. The number of esters is 1. The van der Waals surface area contributed by atoms with Crippen LogP contribution >= 0.6 is 11.3 Å². The van der Waals surface area contributed by atoms with Gasteiger partial charge in [-0.3, -0.25) is 9.59 Å². The molecule has 1 heterocycles. The van der Waals surface area contributed by atoms with Gasteiger partial charge in [0.2, 0.25) is 5.91 Å². The molecule has 3 rings (SSSR count). The molecule has 0 atom stereocenters. The van der Waals surface area contributed by atoms with Gasteiger partial charge in [-0.15, -0.1) is 0 Å². The highest BCUT2D eigenvalue weighted by molar-refractivity contribution is 7.16. The van der Waals surface area contributed by atoms with Gasteiger partial charge in [-0.2, -0.15) is 4.99 Å². The Morgan fingerprint density at radius 1 is 1.23 bits per heavy atom. The highest BCUT2D eigenvalue weighted by Crippen LogP contribution is 2.27. The second-order valence-corrected chi connectivity index (χ2v) is 7.80. The number of nitrogens with zero attached hydrogens (tertiary/aromatic N) is 2. The molecule has 1 saturated carbocycles. The summed E-state index contributed by atoms with van der Waals surface area (Å²) in [5.74, 6) is 0.254. The minimum atomic E-state index is -0.313. The third kappa shape index (κ3) is 4.81. The minimum Gasteiger partial charge on any atom is -0.465 e. The Morgan fingerprint density at radius 3 is 2.77 bits per heavy atom. The van der Waals surface area contributed by atoms with E-state index < -0.39 is 0 Å². The summed E-state index contributed by atoms with van der Waals surface area (Å²) in [5.41, 5.74) is 0.907. The highest BCUT2D eigenvalue weighted by Gasteiger charge is 2.15. The molecule has 1 aromatic heterocycles. The predicted molar refractivity (Wildman–Crippen MR) is 103 cm³/mol. The Bertz CT molecular complexity index is 831. The molecule has 1 aliphatic rings. The molecule has 6 heteroatoms. The van der Waals surface area contributed by atoms with Crippen LogP contribution in [0.15, 0.2) is 29.3 Å². The Hall–Kier alpha value is -1.95. The van der Waals surface area contributed by atoms with E-state index in [9.17, 15) is 9.59 Å². The standard InChI is InChI=1S/C20H26N2O3S/c1-2-25-19(24)14-22-16-10-6-7-11-17(16)26-20(22)21-18(23)13-12-15-8-4-3-5-9-15/h6-7,10-11,15H,2-5,8-9,12-14H2,1H3. The van der Waals surface area contributed by atoms with Gasteiger partial charge < -0.3 is 9.30 Å². The molecule has 0 spiro atoms. The Labute approximate surface area is 157 Å². The summed E-state index contributed by atoms with van der Waals surface area (Å²) in [5, 5.41) is 0. The maximum absolute atomic E-state index is 12.4. The van der Waals surface area contributed by atoms with Crippen LogP contribution in [0.2, 0.25) is 0 Å². The van der Waals surface area contributed by atoms with Crippen molar-refractivity contribution < 1.29 is 14.3 Å². The summed E-state index contributed by atoms with van der Waals surface area (Å²) in [6, 6.07) is 7.79. The molecule has 26 heavy (non-hydrogen) atoms. The van der Waals surface area contributed by atoms with Gasteiger partial charge in [-0.1, -0.05) is 55.6 Å². The van der Waals surface area contributed by atoms with Gasteiger partial charge >= 0.3 is 5.97 Å². The van der Waals surface area contributed by atoms with E-state index in [1.165, 1.54) is 43.4 Å². The number of aromatic nitrogens is 1. The number of carbonyl (C=O) groups excluding carboxylic acids is 2. The van der Waals surface area contributed by atoms with Crippen molar-refractivity contribution in [2.75, 3.05) is 6.61 Å². The number of thiazole rings is 1. The van der Waals surface area contributed by atoms with E-state index in [0.29, 0.717) is 23.7 Å². The van der Waals surface area contributed by atoms with Crippen LogP contribution in [-0.2, 0) is 20.9 Å². The number of rotatable bonds is 6. The van der Waals surface area contributed by atoms with Crippen molar-refractivity contribution in [2.45, 2.75) is 58.4 Å². The SMILES string of the molecule is CCOC(=O)Cn1c(=NC(=O)CCC2CCCCC2)sc2ccccc21. The van der Waals surface area contributed by atoms with E-state index in [4.69, 9.17) is 4.74 Å². The molecule has 2 aromatic rings. The van der Waals surface area contributed by atoms with Crippen LogP contribution in [0.1, 0.15) is 51.9 Å². The van der Waals surface area contributed by atoms with E-state index >= 15 is 0 Å². The first kappa shape index (κ1) is 18.8. The molecule has 0 saturated heterocycles. The van der Waals surface area contributed by atoms with Gasteiger partial charge in [-0.25, -0.2) is 0 Å². The summed E-state index contributed by atoms with van der Waals surface area (Å²) in [6.07, 6.45) is 7.77. The van der Waals surface area contributed by atoms with E-state index in [2.05, 4.69) is 4.99 Å². The fraction of sp³-hybridized carbons (Fsp3) is 0.550. The average molecular weight is 375 g/mol. The Kier molecular flexibility index (Phi) is 6.61. The number of benzene rings is 1. The Morgan fingerprint density at radius 2 is 2.00 bits per heavy atom. The summed E-state index contributed by atoms with van der Waals surface area (Å²) >= 11 is 1.44. The van der Waals surface area contributed by atoms with E-state index in [0.717, 1.165) is 16.6 Å². The smallest absolute Gasteiger partial charge is 0.326 e. The third-order valence-corrected chi connectivity index (χ3v) is 5.95. The molecule has 1 fully saturated rings. The third-order valence-electron chi connectivity index (χ3n) is 4.89. The van der Waals surface area contributed by atoms with Crippen LogP contribution < -0.4 is 4.80 Å². The lowest BCUT2D eigenvalue weighted by molar-refractivity contribution is -0.143. The summed E-state index contributed by atoms with van der Waals surface area (Å²) in [6.45, 7) is 2.20. The fourth-order valence-corrected chi connectivity index (χ4v) is 4.61. The van der Waals surface area contributed by atoms with E-state index in [1.54, 1.807) is 11.5 Å². The lowest BCUT2D eigenvalue weighted by Gasteiger charge is -2.20. The number of carbonyl (C=O) groups is 2. The van der Waals surface area contributed by atoms with Crippen LogP contribution in [0.4, 0.5) is 0 Å². The second kappa shape index (κ2) is 9.12. The van der Waals surface area contributed by atoms with Gasteiger partial charge in [0.15, 0.2) is 4.80 Å². The lowest BCUT2D eigenvalue weighted by Crippen LogP contribution is -2.23. The molecule has 0 N–H and O–H groups in total. The second-order valence-electron chi connectivity index (χ2n) is 6.79. The summed E-state index contributed by atoms with van der Waals surface area (Å²) in [4.78, 5) is 29.3. The molecule has 140 valence electrons. The first-order valence-electron chi connectivity index (χ1n) is 9.49. The van der Waals surface area contributed by atoms with Gasteiger partial charge in [0.25, 0.3) is 0 Å². The number of para-hydroxylation sites is 1. The molecular weight excluding hydrogens is 348 g/mol. The van der Waals surface area contributed by atoms with Crippen molar-refractivity contribution in [1.29, 1.82) is 0 Å². The van der Waals surface area contributed by atoms with Crippen molar-refractivity contribution in [3.63, 3.8) is 0 Å². The fourth-order valence-electron chi connectivity index (χ4n) is 3.56. The predicted octanol–water partition coefficient (Wildman–Crippen LogP) is 4.05.